The molecule has 19 heavy (non-hydrogen) atoms. The van der Waals surface area contributed by atoms with Gasteiger partial charge in [0.05, 0.1) is 0 Å². The Morgan fingerprint density at radius 2 is 2.26 bits per heavy atom. The molecule has 8 heteroatoms. The first-order valence-corrected chi connectivity index (χ1v) is 6.61. The van der Waals surface area contributed by atoms with E-state index in [4.69, 9.17) is 5.73 Å². The molecule has 2 aromatic rings. The number of nitrogens with two attached hydrogens (primary N) is 1. The molecule has 0 radical (unpaired) electrons. The SMILES string of the molecule is CC(C)Nc1nc(N)c(C(=O)Nc2ccn(C)n2)s1. The van der Waals surface area contributed by atoms with Gasteiger partial charge >= 0.3 is 0 Å². The van der Waals surface area contributed by atoms with Crippen molar-refractivity contribution in [2.45, 2.75) is 19.9 Å². The molecule has 102 valence electrons. The number of thiazole rings is 1. The van der Waals surface area contributed by atoms with E-state index in [9.17, 15) is 4.79 Å². The average Bonchev–Trinajstić information content (AvgIpc) is 2.84. The van der Waals surface area contributed by atoms with Gasteiger partial charge in [-0.25, -0.2) is 4.98 Å². The van der Waals surface area contributed by atoms with E-state index in [2.05, 4.69) is 20.7 Å². The Balaban J connectivity index is 2.12. The summed E-state index contributed by atoms with van der Waals surface area (Å²) in [5, 5.41) is 10.5. The van der Waals surface area contributed by atoms with Gasteiger partial charge in [0, 0.05) is 25.4 Å². The maximum Gasteiger partial charge on any atom is 0.270 e. The lowest BCUT2D eigenvalue weighted by Gasteiger charge is -2.03. The fourth-order valence-corrected chi connectivity index (χ4v) is 2.38. The summed E-state index contributed by atoms with van der Waals surface area (Å²) in [6, 6.07) is 1.94. The van der Waals surface area contributed by atoms with Crippen molar-refractivity contribution in [1.82, 2.24) is 14.8 Å². The van der Waals surface area contributed by atoms with Gasteiger partial charge < -0.3 is 16.4 Å². The van der Waals surface area contributed by atoms with Crippen LogP contribution in [0.25, 0.3) is 0 Å². The summed E-state index contributed by atoms with van der Waals surface area (Å²) < 4.78 is 1.61. The Morgan fingerprint density at radius 1 is 1.53 bits per heavy atom. The van der Waals surface area contributed by atoms with Crippen LogP contribution in [0.5, 0.6) is 0 Å². The van der Waals surface area contributed by atoms with Gasteiger partial charge in [-0.15, -0.1) is 0 Å². The van der Waals surface area contributed by atoms with Gasteiger partial charge in [0.15, 0.2) is 10.9 Å². The topological polar surface area (TPSA) is 97.9 Å². The highest BCUT2D eigenvalue weighted by Gasteiger charge is 2.17. The summed E-state index contributed by atoms with van der Waals surface area (Å²) in [5.74, 6) is 0.408. The number of nitrogens with zero attached hydrogens (tertiary/aromatic N) is 3. The summed E-state index contributed by atoms with van der Waals surface area (Å²) in [6.07, 6.45) is 1.75. The largest absolute Gasteiger partial charge is 0.382 e. The van der Waals surface area contributed by atoms with Crippen molar-refractivity contribution in [3.63, 3.8) is 0 Å². The summed E-state index contributed by atoms with van der Waals surface area (Å²) in [4.78, 5) is 16.5. The Morgan fingerprint density at radius 3 is 2.84 bits per heavy atom. The fraction of sp³-hybridized carbons (Fsp3) is 0.364. The molecular weight excluding hydrogens is 264 g/mol. The molecule has 0 aliphatic heterocycles. The number of amides is 1. The van der Waals surface area contributed by atoms with E-state index in [1.165, 1.54) is 11.3 Å². The van der Waals surface area contributed by atoms with Crippen LogP contribution in [0.15, 0.2) is 12.3 Å². The molecule has 1 amide bonds. The van der Waals surface area contributed by atoms with E-state index in [0.29, 0.717) is 15.8 Å². The lowest BCUT2D eigenvalue weighted by molar-refractivity contribution is 0.103. The second-order valence-electron chi connectivity index (χ2n) is 4.36. The molecule has 0 spiro atoms. The number of nitrogen functional groups attached to an aromatic ring is 1. The van der Waals surface area contributed by atoms with Crippen molar-refractivity contribution in [3.05, 3.63) is 17.1 Å². The third kappa shape index (κ3) is 3.22. The summed E-state index contributed by atoms with van der Waals surface area (Å²) in [6.45, 7) is 3.98. The van der Waals surface area contributed by atoms with Gasteiger partial charge in [0.1, 0.15) is 10.7 Å². The number of hydrogen-bond acceptors (Lipinski definition) is 6. The average molecular weight is 280 g/mol. The second-order valence-corrected chi connectivity index (χ2v) is 5.36. The van der Waals surface area contributed by atoms with Gasteiger partial charge in [-0.05, 0) is 13.8 Å². The Labute approximate surface area is 114 Å². The molecule has 0 aliphatic rings. The molecule has 0 aromatic carbocycles. The molecular formula is C11H16N6OS. The lowest BCUT2D eigenvalue weighted by Crippen LogP contribution is -2.12. The number of aryl methyl sites for hydroxylation is 1. The number of carbonyl (C=O) groups is 1. The molecule has 0 bridgehead atoms. The van der Waals surface area contributed by atoms with Crippen LogP contribution in [-0.2, 0) is 7.05 Å². The van der Waals surface area contributed by atoms with Crippen molar-refractivity contribution < 1.29 is 4.79 Å². The van der Waals surface area contributed by atoms with Gasteiger partial charge in [0.25, 0.3) is 5.91 Å². The molecule has 0 saturated carbocycles. The number of hydrogen-bond donors (Lipinski definition) is 3. The van der Waals surface area contributed by atoms with Crippen molar-refractivity contribution in [2.24, 2.45) is 7.05 Å². The Kier molecular flexibility index (Phi) is 3.70. The minimum atomic E-state index is -0.300. The number of carbonyl (C=O) groups excluding carboxylic acids is 1. The summed E-state index contributed by atoms with van der Waals surface area (Å²) in [5.41, 5.74) is 5.75. The first kappa shape index (κ1) is 13.3. The fourth-order valence-electron chi connectivity index (χ4n) is 1.46. The number of nitrogens with one attached hydrogen (secondary N) is 2. The van der Waals surface area contributed by atoms with E-state index < -0.39 is 0 Å². The van der Waals surface area contributed by atoms with Crippen LogP contribution in [0.4, 0.5) is 16.8 Å². The van der Waals surface area contributed by atoms with Crippen molar-refractivity contribution in [3.8, 4) is 0 Å². The summed E-state index contributed by atoms with van der Waals surface area (Å²) >= 11 is 1.23. The molecule has 0 unspecified atom stereocenters. The Hall–Kier alpha value is -2.09. The normalized spacial score (nSPS) is 10.7. The Bertz CT molecular complexity index is 588. The molecule has 0 aliphatic carbocycles. The minimum Gasteiger partial charge on any atom is -0.382 e. The van der Waals surface area contributed by atoms with E-state index in [1.807, 2.05) is 13.8 Å². The zero-order valence-electron chi connectivity index (χ0n) is 11.0. The maximum atomic E-state index is 12.0. The number of anilines is 3. The predicted octanol–water partition coefficient (Wildman–Crippen LogP) is 1.53. The highest BCUT2D eigenvalue weighted by molar-refractivity contribution is 7.18. The molecule has 2 rings (SSSR count). The molecule has 0 fully saturated rings. The number of aromatic nitrogens is 3. The third-order valence-corrected chi connectivity index (χ3v) is 3.23. The van der Waals surface area contributed by atoms with Crippen molar-refractivity contribution >= 4 is 34.0 Å². The van der Waals surface area contributed by atoms with Crippen molar-refractivity contribution in [2.75, 3.05) is 16.4 Å². The quantitative estimate of drug-likeness (QED) is 0.789. The lowest BCUT2D eigenvalue weighted by atomic mass is 10.4. The third-order valence-electron chi connectivity index (χ3n) is 2.23. The van der Waals surface area contributed by atoms with Crippen LogP contribution in [0, 0.1) is 0 Å². The van der Waals surface area contributed by atoms with Crippen molar-refractivity contribution in [1.29, 1.82) is 0 Å². The van der Waals surface area contributed by atoms with E-state index in [-0.39, 0.29) is 17.8 Å². The molecule has 0 saturated heterocycles. The molecule has 7 nitrogen and oxygen atoms in total. The van der Waals surface area contributed by atoms with Crippen LogP contribution in [0.1, 0.15) is 23.5 Å². The molecule has 2 heterocycles. The van der Waals surface area contributed by atoms with E-state index >= 15 is 0 Å². The number of rotatable bonds is 4. The monoisotopic (exact) mass is 280 g/mol. The zero-order chi connectivity index (χ0) is 14.0. The molecule has 2 aromatic heterocycles. The minimum absolute atomic E-state index is 0.224. The van der Waals surface area contributed by atoms with E-state index in [1.54, 1.807) is 24.0 Å². The van der Waals surface area contributed by atoms with Crippen LogP contribution < -0.4 is 16.4 Å². The highest BCUT2D eigenvalue weighted by Crippen LogP contribution is 2.26. The van der Waals surface area contributed by atoms with Crippen LogP contribution in [0.2, 0.25) is 0 Å². The predicted molar refractivity (Wildman–Crippen MR) is 76.4 cm³/mol. The van der Waals surface area contributed by atoms with Gasteiger partial charge in [-0.2, -0.15) is 5.10 Å². The van der Waals surface area contributed by atoms with Crippen LogP contribution in [-0.4, -0.2) is 26.7 Å². The second kappa shape index (κ2) is 5.27. The highest BCUT2D eigenvalue weighted by atomic mass is 32.1. The first-order valence-electron chi connectivity index (χ1n) is 5.79. The molecule has 0 atom stereocenters. The van der Waals surface area contributed by atoms with Gasteiger partial charge in [-0.3, -0.25) is 9.48 Å². The molecule has 4 N–H and O–H groups in total. The van der Waals surface area contributed by atoms with Crippen LogP contribution in [0.3, 0.4) is 0 Å². The van der Waals surface area contributed by atoms with Gasteiger partial charge in [-0.1, -0.05) is 11.3 Å². The zero-order valence-corrected chi connectivity index (χ0v) is 11.8. The standard InChI is InChI=1S/C11H16N6OS/c1-6(2)13-11-15-9(12)8(19-11)10(18)14-7-4-5-17(3)16-7/h4-6H,12H2,1-3H3,(H,13,15)(H,14,16,18). The van der Waals surface area contributed by atoms with Gasteiger partial charge in [0.2, 0.25) is 0 Å². The first-order chi connectivity index (χ1) is 8.95. The van der Waals surface area contributed by atoms with E-state index in [0.717, 1.165) is 0 Å². The smallest absolute Gasteiger partial charge is 0.270 e. The summed E-state index contributed by atoms with van der Waals surface area (Å²) in [7, 11) is 1.78. The van der Waals surface area contributed by atoms with Crippen LogP contribution >= 0.6 is 11.3 Å². The maximum absolute atomic E-state index is 12.0.